The van der Waals surface area contributed by atoms with Crippen molar-refractivity contribution < 1.29 is 0 Å². The first kappa shape index (κ1) is 12.1. The van der Waals surface area contributed by atoms with Crippen LogP contribution in [-0.4, -0.2) is 14.8 Å². The molecule has 0 unspecified atom stereocenters. The lowest BCUT2D eigenvalue weighted by Crippen LogP contribution is -2.13. The van der Waals surface area contributed by atoms with Gasteiger partial charge in [0.1, 0.15) is 5.82 Å². The molecule has 3 aromatic rings. The van der Waals surface area contributed by atoms with Crippen molar-refractivity contribution in [2.24, 2.45) is 0 Å². The van der Waals surface area contributed by atoms with Crippen LogP contribution in [-0.2, 0) is 6.42 Å². The molecule has 1 atom stereocenters. The average Bonchev–Trinajstić information content (AvgIpc) is 3.11. The third kappa shape index (κ3) is 2.00. The van der Waals surface area contributed by atoms with Gasteiger partial charge in [-0.25, -0.2) is 0 Å². The maximum atomic E-state index is 4.41. The smallest absolute Gasteiger partial charge is 0.160 e. The minimum Gasteiger partial charge on any atom is -0.375 e. The number of aryl methyl sites for hydroxylation is 1. The van der Waals surface area contributed by atoms with E-state index in [1.54, 1.807) is 0 Å². The second-order valence-corrected chi connectivity index (χ2v) is 5.33. The molecule has 0 spiro atoms. The largest absolute Gasteiger partial charge is 0.375 e. The Balaban J connectivity index is 1.75. The molecule has 4 nitrogen and oxygen atoms in total. The molecule has 0 saturated carbocycles. The van der Waals surface area contributed by atoms with Crippen LogP contribution in [0.4, 0.5) is 5.69 Å². The maximum Gasteiger partial charge on any atom is 0.160 e. The van der Waals surface area contributed by atoms with Gasteiger partial charge >= 0.3 is 0 Å². The van der Waals surface area contributed by atoms with Gasteiger partial charge in [0, 0.05) is 17.8 Å². The molecule has 4 rings (SSSR count). The van der Waals surface area contributed by atoms with Crippen LogP contribution in [0.15, 0.2) is 54.6 Å². The predicted octanol–water partition coefficient (Wildman–Crippen LogP) is 3.29. The van der Waals surface area contributed by atoms with Crippen LogP contribution >= 0.6 is 0 Å². The molecular formula is C17H16N4. The van der Waals surface area contributed by atoms with Crippen LogP contribution in [0.3, 0.4) is 0 Å². The van der Waals surface area contributed by atoms with Crippen LogP contribution in [0.1, 0.15) is 23.3 Å². The van der Waals surface area contributed by atoms with Crippen LogP contribution in [0.25, 0.3) is 5.69 Å². The second kappa shape index (κ2) is 4.74. The van der Waals surface area contributed by atoms with Gasteiger partial charge in [0.05, 0.1) is 6.04 Å². The maximum absolute atomic E-state index is 4.41. The summed E-state index contributed by atoms with van der Waals surface area (Å²) >= 11 is 0. The molecule has 1 aliphatic heterocycles. The van der Waals surface area contributed by atoms with E-state index in [0.29, 0.717) is 0 Å². The number of anilines is 1. The first-order chi connectivity index (χ1) is 10.3. The SMILES string of the molecule is Cc1nnc([C@@H]2Cc3ccccc3N2)n1-c1ccccc1. The first-order valence-electron chi connectivity index (χ1n) is 7.15. The zero-order valence-electron chi connectivity index (χ0n) is 11.8. The molecule has 2 heterocycles. The Bertz CT molecular complexity index is 751. The number of hydrogen-bond donors (Lipinski definition) is 1. The standard InChI is InChI=1S/C17H16N4/c1-12-19-20-17(21(12)14-8-3-2-4-9-14)16-11-13-7-5-6-10-15(13)18-16/h2-10,16,18H,11H2,1H3/t16-/m0/s1. The van der Waals surface area contributed by atoms with E-state index in [-0.39, 0.29) is 6.04 Å². The highest BCUT2D eigenvalue weighted by molar-refractivity contribution is 5.57. The van der Waals surface area contributed by atoms with Crippen LogP contribution in [0, 0.1) is 6.92 Å². The minimum atomic E-state index is 0.170. The molecule has 0 aliphatic carbocycles. The summed E-state index contributed by atoms with van der Waals surface area (Å²) in [5, 5.41) is 12.2. The van der Waals surface area contributed by atoms with Crippen molar-refractivity contribution in [1.29, 1.82) is 0 Å². The van der Waals surface area contributed by atoms with E-state index in [1.165, 1.54) is 11.3 Å². The summed E-state index contributed by atoms with van der Waals surface area (Å²) in [7, 11) is 0. The molecule has 1 N–H and O–H groups in total. The van der Waals surface area contributed by atoms with Crippen LogP contribution in [0.5, 0.6) is 0 Å². The van der Waals surface area contributed by atoms with Crippen molar-refractivity contribution in [3.63, 3.8) is 0 Å². The fraction of sp³-hybridized carbons (Fsp3) is 0.176. The number of para-hydroxylation sites is 2. The van der Waals surface area contributed by atoms with E-state index in [2.05, 4.69) is 56.5 Å². The monoisotopic (exact) mass is 276 g/mol. The normalized spacial score (nSPS) is 16.5. The quantitative estimate of drug-likeness (QED) is 0.781. The molecule has 0 bridgehead atoms. The zero-order chi connectivity index (χ0) is 14.2. The first-order valence-corrected chi connectivity index (χ1v) is 7.15. The molecular weight excluding hydrogens is 260 g/mol. The van der Waals surface area contributed by atoms with E-state index in [1.807, 2.05) is 25.1 Å². The summed E-state index contributed by atoms with van der Waals surface area (Å²) in [6.45, 7) is 1.99. The summed E-state index contributed by atoms with van der Waals surface area (Å²) in [6, 6.07) is 18.9. The number of nitrogens with zero attached hydrogens (tertiary/aromatic N) is 3. The van der Waals surface area contributed by atoms with E-state index >= 15 is 0 Å². The van der Waals surface area contributed by atoms with E-state index < -0.39 is 0 Å². The summed E-state index contributed by atoms with van der Waals surface area (Å²) in [4.78, 5) is 0. The minimum absolute atomic E-state index is 0.170. The van der Waals surface area contributed by atoms with Gasteiger partial charge in [-0.3, -0.25) is 4.57 Å². The Labute approximate surface area is 123 Å². The lowest BCUT2D eigenvalue weighted by atomic mass is 10.1. The van der Waals surface area contributed by atoms with Gasteiger partial charge in [-0.1, -0.05) is 36.4 Å². The highest BCUT2D eigenvalue weighted by Crippen LogP contribution is 2.34. The summed E-state index contributed by atoms with van der Waals surface area (Å²) in [5.41, 5.74) is 3.64. The van der Waals surface area contributed by atoms with E-state index in [0.717, 1.165) is 23.8 Å². The van der Waals surface area contributed by atoms with Crippen LogP contribution in [0.2, 0.25) is 0 Å². The molecule has 0 saturated heterocycles. The predicted molar refractivity (Wildman–Crippen MR) is 82.6 cm³/mol. The number of aromatic nitrogens is 3. The third-order valence-corrected chi connectivity index (χ3v) is 3.95. The molecule has 1 aliphatic rings. The van der Waals surface area contributed by atoms with Gasteiger partial charge in [0.15, 0.2) is 5.82 Å². The number of rotatable bonds is 2. The van der Waals surface area contributed by atoms with Gasteiger partial charge in [-0.05, 0) is 30.7 Å². The van der Waals surface area contributed by atoms with Gasteiger partial charge in [-0.2, -0.15) is 0 Å². The summed E-state index contributed by atoms with van der Waals surface area (Å²) < 4.78 is 2.13. The van der Waals surface area contributed by atoms with Crippen molar-refractivity contribution >= 4 is 5.69 Å². The third-order valence-electron chi connectivity index (χ3n) is 3.95. The number of fused-ring (bicyclic) bond motifs is 1. The Morgan fingerprint density at radius 2 is 1.76 bits per heavy atom. The lowest BCUT2D eigenvalue weighted by Gasteiger charge is -2.14. The molecule has 21 heavy (non-hydrogen) atoms. The second-order valence-electron chi connectivity index (χ2n) is 5.33. The van der Waals surface area contributed by atoms with Gasteiger partial charge in [-0.15, -0.1) is 10.2 Å². The Morgan fingerprint density at radius 3 is 2.57 bits per heavy atom. The number of hydrogen-bond acceptors (Lipinski definition) is 3. The lowest BCUT2D eigenvalue weighted by molar-refractivity contribution is 0.720. The molecule has 0 amide bonds. The fourth-order valence-corrected chi connectivity index (χ4v) is 2.95. The molecule has 104 valence electrons. The topological polar surface area (TPSA) is 42.7 Å². The van der Waals surface area contributed by atoms with E-state index in [4.69, 9.17) is 0 Å². The molecule has 1 aromatic heterocycles. The van der Waals surface area contributed by atoms with Crippen molar-refractivity contribution in [2.75, 3.05) is 5.32 Å². The highest BCUT2D eigenvalue weighted by Gasteiger charge is 2.27. The fourth-order valence-electron chi connectivity index (χ4n) is 2.95. The summed E-state index contributed by atoms with van der Waals surface area (Å²) in [6.07, 6.45) is 0.946. The Hall–Kier alpha value is -2.62. The number of benzene rings is 2. The van der Waals surface area contributed by atoms with Crippen molar-refractivity contribution in [3.05, 3.63) is 71.8 Å². The van der Waals surface area contributed by atoms with Gasteiger partial charge in [0.25, 0.3) is 0 Å². The molecule has 0 radical (unpaired) electrons. The number of nitrogens with one attached hydrogen (secondary N) is 1. The van der Waals surface area contributed by atoms with Crippen molar-refractivity contribution in [3.8, 4) is 5.69 Å². The van der Waals surface area contributed by atoms with Crippen LogP contribution < -0.4 is 5.32 Å². The zero-order valence-corrected chi connectivity index (χ0v) is 11.8. The van der Waals surface area contributed by atoms with Gasteiger partial charge < -0.3 is 5.32 Å². The van der Waals surface area contributed by atoms with Crippen molar-refractivity contribution in [2.45, 2.75) is 19.4 Å². The average molecular weight is 276 g/mol. The Morgan fingerprint density at radius 1 is 1.00 bits per heavy atom. The summed E-state index contributed by atoms with van der Waals surface area (Å²) in [5.74, 6) is 1.88. The van der Waals surface area contributed by atoms with E-state index in [9.17, 15) is 0 Å². The van der Waals surface area contributed by atoms with Gasteiger partial charge in [0.2, 0.25) is 0 Å². The molecule has 0 fully saturated rings. The molecule has 4 heteroatoms. The van der Waals surface area contributed by atoms with Crippen molar-refractivity contribution in [1.82, 2.24) is 14.8 Å². The molecule has 2 aromatic carbocycles. The Kier molecular flexibility index (Phi) is 2.74. The highest BCUT2D eigenvalue weighted by atomic mass is 15.3.